The van der Waals surface area contributed by atoms with Crippen LogP contribution in [0.3, 0.4) is 0 Å². The number of carbonyl (C=O) groups excluding carboxylic acids is 1. The molecule has 0 aliphatic heterocycles. The zero-order chi connectivity index (χ0) is 6.78. The van der Waals surface area contributed by atoms with Crippen molar-refractivity contribution in [1.82, 2.24) is 0 Å². The Morgan fingerprint density at radius 1 is 1.88 bits per heavy atom. The van der Waals surface area contributed by atoms with Crippen molar-refractivity contribution in [3.05, 3.63) is 0 Å². The number of carbonyl (C=O) groups is 1. The molecule has 0 radical (unpaired) electrons. The minimum Gasteiger partial charge on any atom is -0.394 e. The van der Waals surface area contributed by atoms with Gasteiger partial charge in [-0.05, 0) is 13.8 Å². The van der Waals surface area contributed by atoms with Crippen molar-refractivity contribution in [1.29, 1.82) is 0 Å². The van der Waals surface area contributed by atoms with Gasteiger partial charge in [0.2, 0.25) is 0 Å². The van der Waals surface area contributed by atoms with E-state index in [-0.39, 0.29) is 12.4 Å². The Kier molecular flexibility index (Phi) is 2.12. The predicted octanol–water partition coefficient (Wildman–Crippen LogP) is -0.715. The van der Waals surface area contributed by atoms with Crippen LogP contribution in [0.1, 0.15) is 13.8 Å². The number of hydrogen-bond acceptors (Lipinski definition) is 3. The van der Waals surface area contributed by atoms with Gasteiger partial charge in [-0.3, -0.25) is 4.79 Å². The first-order valence-corrected chi connectivity index (χ1v) is 2.41. The highest BCUT2D eigenvalue weighted by Gasteiger charge is 2.22. The smallest absolute Gasteiger partial charge is 0.151 e. The van der Waals surface area contributed by atoms with E-state index in [4.69, 9.17) is 10.8 Å². The summed E-state index contributed by atoms with van der Waals surface area (Å²) in [4.78, 5) is 10.4. The highest BCUT2D eigenvalue weighted by atomic mass is 16.3. The van der Waals surface area contributed by atoms with Crippen LogP contribution in [-0.4, -0.2) is 23.0 Å². The first-order valence-electron chi connectivity index (χ1n) is 2.41. The molecule has 0 spiro atoms. The molecule has 3 N–H and O–H groups in total. The van der Waals surface area contributed by atoms with Gasteiger partial charge in [-0.2, -0.15) is 0 Å². The third-order valence-corrected chi connectivity index (χ3v) is 1.13. The van der Waals surface area contributed by atoms with Gasteiger partial charge in [0.1, 0.15) is 0 Å². The molecule has 3 nitrogen and oxygen atoms in total. The lowest BCUT2D eigenvalue weighted by molar-refractivity contribution is -0.122. The lowest BCUT2D eigenvalue weighted by Gasteiger charge is -2.16. The Balaban J connectivity index is 3.91. The van der Waals surface area contributed by atoms with Crippen molar-refractivity contribution in [3.8, 4) is 0 Å². The Morgan fingerprint density at radius 2 is 2.25 bits per heavy atom. The van der Waals surface area contributed by atoms with E-state index < -0.39 is 5.54 Å². The molecule has 0 saturated carbocycles. The number of hydrogen-bond donors (Lipinski definition) is 2. The van der Waals surface area contributed by atoms with Crippen LogP contribution < -0.4 is 5.73 Å². The average Bonchev–Trinajstić information content (AvgIpc) is 1.67. The maximum Gasteiger partial charge on any atom is 0.151 e. The second-order valence-corrected chi connectivity index (χ2v) is 2.13. The number of nitrogens with two attached hydrogens (primary N) is 1. The van der Waals surface area contributed by atoms with E-state index in [1.54, 1.807) is 0 Å². The standard InChI is InChI=1S/C5H11NO2/c1-4(8)5(2,6)3-7/h7H,3,6H2,1-2H3. The quantitative estimate of drug-likeness (QED) is 0.502. The Labute approximate surface area is 48.5 Å². The minimum absolute atomic E-state index is 0.194. The Bertz CT molecular complexity index is 98.6. The summed E-state index contributed by atoms with van der Waals surface area (Å²) >= 11 is 0. The molecule has 0 aromatic heterocycles. The number of Topliss-reactive ketones (excluding diaryl/α,β-unsaturated/α-hetero) is 1. The summed E-state index contributed by atoms with van der Waals surface area (Å²) in [5.41, 5.74) is 4.22. The number of aliphatic hydroxyl groups is 1. The van der Waals surface area contributed by atoms with Crippen LogP contribution in [-0.2, 0) is 4.79 Å². The molecule has 0 aromatic carbocycles. The maximum atomic E-state index is 10.4. The topological polar surface area (TPSA) is 63.3 Å². The molecule has 0 aromatic rings. The largest absolute Gasteiger partial charge is 0.394 e. The van der Waals surface area contributed by atoms with Crippen LogP contribution in [0, 0.1) is 0 Å². The third kappa shape index (κ3) is 1.60. The highest BCUT2D eigenvalue weighted by molar-refractivity contribution is 5.85. The molecule has 0 saturated heterocycles. The van der Waals surface area contributed by atoms with Gasteiger partial charge < -0.3 is 10.8 Å². The molecule has 0 amide bonds. The SMILES string of the molecule is CC(=O)C(C)(N)CO. The van der Waals surface area contributed by atoms with Gasteiger partial charge >= 0.3 is 0 Å². The van der Waals surface area contributed by atoms with Crippen LogP contribution in [0.4, 0.5) is 0 Å². The normalized spacial score (nSPS) is 17.5. The molecular formula is C5H11NO2. The summed E-state index contributed by atoms with van der Waals surface area (Å²) in [7, 11) is 0. The fourth-order valence-electron chi connectivity index (χ4n) is 0.111. The van der Waals surface area contributed by atoms with Gasteiger partial charge in [-0.1, -0.05) is 0 Å². The van der Waals surface area contributed by atoms with Gasteiger partial charge in [-0.25, -0.2) is 0 Å². The molecule has 8 heavy (non-hydrogen) atoms. The molecular weight excluding hydrogens is 106 g/mol. The van der Waals surface area contributed by atoms with Gasteiger partial charge in [0.25, 0.3) is 0 Å². The van der Waals surface area contributed by atoms with E-state index >= 15 is 0 Å². The summed E-state index contributed by atoms with van der Waals surface area (Å²) in [5, 5.41) is 8.42. The lowest BCUT2D eigenvalue weighted by Crippen LogP contribution is -2.46. The van der Waals surface area contributed by atoms with E-state index in [1.165, 1.54) is 13.8 Å². The molecule has 3 heteroatoms. The van der Waals surface area contributed by atoms with Gasteiger partial charge in [-0.15, -0.1) is 0 Å². The first kappa shape index (κ1) is 7.59. The van der Waals surface area contributed by atoms with Crippen molar-refractivity contribution in [2.24, 2.45) is 5.73 Å². The van der Waals surface area contributed by atoms with Gasteiger partial charge in [0.15, 0.2) is 5.78 Å². The molecule has 48 valence electrons. The maximum absolute atomic E-state index is 10.4. The molecule has 0 fully saturated rings. The van der Waals surface area contributed by atoms with Crippen LogP contribution in [0.25, 0.3) is 0 Å². The van der Waals surface area contributed by atoms with E-state index in [1.807, 2.05) is 0 Å². The van der Waals surface area contributed by atoms with Crippen molar-refractivity contribution in [2.75, 3.05) is 6.61 Å². The van der Waals surface area contributed by atoms with Crippen LogP contribution in [0.5, 0.6) is 0 Å². The molecule has 0 heterocycles. The summed E-state index contributed by atoms with van der Waals surface area (Å²) in [5.74, 6) is -0.194. The lowest BCUT2D eigenvalue weighted by atomic mass is 10.0. The summed E-state index contributed by atoms with van der Waals surface area (Å²) < 4.78 is 0. The average molecular weight is 117 g/mol. The van der Waals surface area contributed by atoms with E-state index in [9.17, 15) is 4.79 Å². The fourth-order valence-corrected chi connectivity index (χ4v) is 0.111. The van der Waals surface area contributed by atoms with Crippen molar-refractivity contribution in [3.63, 3.8) is 0 Å². The van der Waals surface area contributed by atoms with Gasteiger partial charge in [0.05, 0.1) is 12.1 Å². The number of ketones is 1. The molecule has 1 unspecified atom stereocenters. The number of aliphatic hydroxyl groups excluding tert-OH is 1. The summed E-state index contributed by atoms with van der Waals surface area (Å²) in [6.07, 6.45) is 0. The zero-order valence-electron chi connectivity index (χ0n) is 5.14. The van der Waals surface area contributed by atoms with Gasteiger partial charge in [0, 0.05) is 0 Å². The molecule has 0 aliphatic carbocycles. The molecule has 0 rings (SSSR count). The third-order valence-electron chi connectivity index (χ3n) is 1.13. The summed E-state index contributed by atoms with van der Waals surface area (Å²) in [6.45, 7) is 2.56. The van der Waals surface area contributed by atoms with Crippen LogP contribution >= 0.6 is 0 Å². The fraction of sp³-hybridized carbons (Fsp3) is 0.800. The highest BCUT2D eigenvalue weighted by Crippen LogP contribution is 1.96. The van der Waals surface area contributed by atoms with E-state index in [0.717, 1.165) is 0 Å². The second kappa shape index (κ2) is 2.24. The summed E-state index contributed by atoms with van der Waals surface area (Å²) in [6, 6.07) is 0. The number of rotatable bonds is 2. The van der Waals surface area contributed by atoms with Crippen LogP contribution in [0.15, 0.2) is 0 Å². The second-order valence-electron chi connectivity index (χ2n) is 2.13. The van der Waals surface area contributed by atoms with E-state index in [2.05, 4.69) is 0 Å². The predicted molar refractivity (Wildman–Crippen MR) is 30.4 cm³/mol. The minimum atomic E-state index is -1.04. The molecule has 1 atom stereocenters. The Hall–Kier alpha value is -0.410. The van der Waals surface area contributed by atoms with Crippen molar-refractivity contribution < 1.29 is 9.90 Å². The Morgan fingerprint density at radius 3 is 2.25 bits per heavy atom. The van der Waals surface area contributed by atoms with Crippen molar-refractivity contribution in [2.45, 2.75) is 19.4 Å². The van der Waals surface area contributed by atoms with Crippen LogP contribution in [0.2, 0.25) is 0 Å². The van der Waals surface area contributed by atoms with E-state index in [0.29, 0.717) is 0 Å². The first-order chi connectivity index (χ1) is 3.50. The zero-order valence-corrected chi connectivity index (χ0v) is 5.14. The molecule has 0 aliphatic rings. The molecule has 0 bridgehead atoms. The monoisotopic (exact) mass is 117 g/mol. The van der Waals surface area contributed by atoms with Crippen molar-refractivity contribution >= 4 is 5.78 Å².